The molecule has 106 valence electrons. The van der Waals surface area contributed by atoms with Crippen molar-refractivity contribution in [1.29, 1.82) is 5.26 Å². The van der Waals surface area contributed by atoms with Crippen molar-refractivity contribution >= 4 is 6.08 Å². The van der Waals surface area contributed by atoms with E-state index in [0.717, 1.165) is 6.42 Å². The summed E-state index contributed by atoms with van der Waals surface area (Å²) in [5, 5.41) is 9.30. The van der Waals surface area contributed by atoms with Crippen LogP contribution in [0.5, 0.6) is 0 Å². The van der Waals surface area contributed by atoms with Crippen LogP contribution in [-0.4, -0.2) is 0 Å². The molecule has 1 nitrogen and oxygen atoms in total. The molecule has 1 heteroatoms. The van der Waals surface area contributed by atoms with Crippen LogP contribution in [0.3, 0.4) is 0 Å². The van der Waals surface area contributed by atoms with E-state index in [4.69, 9.17) is 0 Å². The summed E-state index contributed by atoms with van der Waals surface area (Å²) in [6, 6.07) is 23.1. The van der Waals surface area contributed by atoms with E-state index in [2.05, 4.69) is 54.6 Å². The Morgan fingerprint density at radius 1 is 1.00 bits per heavy atom. The van der Waals surface area contributed by atoms with Crippen molar-refractivity contribution < 1.29 is 0 Å². The van der Waals surface area contributed by atoms with Gasteiger partial charge in [-0.1, -0.05) is 72.8 Å². The van der Waals surface area contributed by atoms with Crippen molar-refractivity contribution in [3.63, 3.8) is 0 Å². The second-order valence-corrected chi connectivity index (χ2v) is 5.99. The minimum absolute atomic E-state index is 0.251. The number of benzene rings is 2. The molecule has 0 saturated heterocycles. The average Bonchev–Trinajstić information content (AvgIpc) is 2.53. The molecule has 0 spiro atoms. The van der Waals surface area contributed by atoms with E-state index in [0.29, 0.717) is 0 Å². The molecule has 0 radical (unpaired) electrons. The van der Waals surface area contributed by atoms with Crippen molar-refractivity contribution in [1.82, 2.24) is 0 Å². The lowest BCUT2D eigenvalue weighted by Gasteiger charge is -2.22. The molecule has 0 saturated carbocycles. The third-order valence-electron chi connectivity index (χ3n) is 3.58. The molecule has 21 heavy (non-hydrogen) atoms. The summed E-state index contributed by atoms with van der Waals surface area (Å²) in [4.78, 5) is 0. The summed E-state index contributed by atoms with van der Waals surface area (Å²) in [7, 11) is 0. The average molecular weight is 275 g/mol. The smallest absolute Gasteiger partial charge is 0.0684 e. The summed E-state index contributed by atoms with van der Waals surface area (Å²) in [5.41, 5.74) is 2.11. The first-order chi connectivity index (χ1) is 10.1. The quantitative estimate of drug-likeness (QED) is 0.714. The molecule has 0 bridgehead atoms. The fraction of sp³-hybridized carbons (Fsp3) is 0.250. The summed E-state index contributed by atoms with van der Waals surface area (Å²) in [6.07, 6.45) is 5.17. The van der Waals surface area contributed by atoms with Crippen molar-refractivity contribution in [2.24, 2.45) is 5.41 Å². The highest BCUT2D eigenvalue weighted by molar-refractivity contribution is 5.50. The lowest BCUT2D eigenvalue weighted by Crippen LogP contribution is -2.12. The van der Waals surface area contributed by atoms with E-state index in [1.165, 1.54) is 11.1 Å². The number of allylic oxidation sites excluding steroid dienone is 1. The molecule has 0 N–H and O–H groups in total. The zero-order valence-electron chi connectivity index (χ0n) is 12.7. The molecular formula is C20H21N. The molecule has 1 atom stereocenters. The number of hydrogen-bond acceptors (Lipinski definition) is 1. The molecule has 0 aromatic heterocycles. The third-order valence-corrected chi connectivity index (χ3v) is 3.58. The van der Waals surface area contributed by atoms with Gasteiger partial charge in [-0.15, -0.1) is 0 Å². The number of rotatable bonds is 5. The van der Waals surface area contributed by atoms with Gasteiger partial charge in [0.15, 0.2) is 0 Å². The van der Waals surface area contributed by atoms with Gasteiger partial charge in [0.2, 0.25) is 0 Å². The monoisotopic (exact) mass is 275 g/mol. The Morgan fingerprint density at radius 3 is 2.14 bits per heavy atom. The molecule has 0 amide bonds. The third kappa shape index (κ3) is 4.61. The van der Waals surface area contributed by atoms with Gasteiger partial charge in [-0.25, -0.2) is 0 Å². The topological polar surface area (TPSA) is 23.8 Å². The first kappa shape index (κ1) is 15.1. The Labute approximate surface area is 127 Å². The van der Waals surface area contributed by atoms with Gasteiger partial charge >= 0.3 is 0 Å². The molecule has 2 aromatic rings. The zero-order valence-corrected chi connectivity index (χ0v) is 12.7. The Balaban J connectivity index is 2.25. The SMILES string of the molecule is CC(C)(C#N)CC(/C=C\c1ccccc1)c1ccccc1. The second kappa shape index (κ2) is 6.90. The van der Waals surface area contributed by atoms with Crippen LogP contribution in [0.15, 0.2) is 66.7 Å². The van der Waals surface area contributed by atoms with Crippen LogP contribution in [0.4, 0.5) is 0 Å². The molecule has 1 unspecified atom stereocenters. The van der Waals surface area contributed by atoms with Gasteiger partial charge in [0.25, 0.3) is 0 Å². The van der Waals surface area contributed by atoms with Crippen molar-refractivity contribution in [2.45, 2.75) is 26.2 Å². The van der Waals surface area contributed by atoms with Crippen LogP contribution >= 0.6 is 0 Å². The maximum absolute atomic E-state index is 9.30. The lowest BCUT2D eigenvalue weighted by atomic mass is 9.80. The Kier molecular flexibility index (Phi) is 4.95. The van der Waals surface area contributed by atoms with E-state index < -0.39 is 0 Å². The Bertz CT molecular complexity index is 618. The van der Waals surface area contributed by atoms with Crippen molar-refractivity contribution in [3.8, 4) is 6.07 Å². The fourth-order valence-corrected chi connectivity index (χ4v) is 2.38. The molecule has 2 rings (SSSR count). The summed E-state index contributed by atoms with van der Waals surface area (Å²) < 4.78 is 0. The number of nitrogens with zero attached hydrogens (tertiary/aromatic N) is 1. The Morgan fingerprint density at radius 2 is 1.57 bits per heavy atom. The minimum Gasteiger partial charge on any atom is -0.198 e. The van der Waals surface area contributed by atoms with Gasteiger partial charge in [-0.2, -0.15) is 5.26 Å². The molecular weight excluding hydrogens is 254 g/mol. The van der Waals surface area contributed by atoms with Gasteiger partial charge in [0.1, 0.15) is 0 Å². The second-order valence-electron chi connectivity index (χ2n) is 5.99. The highest BCUT2D eigenvalue weighted by Crippen LogP contribution is 2.32. The van der Waals surface area contributed by atoms with E-state index in [9.17, 15) is 5.26 Å². The van der Waals surface area contributed by atoms with Crippen LogP contribution in [0.25, 0.3) is 6.08 Å². The first-order valence-electron chi connectivity index (χ1n) is 7.30. The molecule has 0 heterocycles. The highest BCUT2D eigenvalue weighted by atomic mass is 14.3. The summed E-state index contributed by atoms with van der Waals surface area (Å²) in [6.45, 7) is 4.00. The van der Waals surface area contributed by atoms with E-state index >= 15 is 0 Å². The zero-order chi connectivity index (χ0) is 15.1. The largest absolute Gasteiger partial charge is 0.198 e. The van der Waals surface area contributed by atoms with Crippen LogP contribution in [-0.2, 0) is 0 Å². The van der Waals surface area contributed by atoms with Crippen LogP contribution in [0.2, 0.25) is 0 Å². The molecule has 0 aliphatic rings. The summed E-state index contributed by atoms with van der Waals surface area (Å²) in [5.74, 6) is 0.251. The van der Waals surface area contributed by atoms with Crippen molar-refractivity contribution in [3.05, 3.63) is 77.9 Å². The van der Waals surface area contributed by atoms with Crippen LogP contribution in [0, 0.1) is 16.7 Å². The molecule has 0 aliphatic carbocycles. The lowest BCUT2D eigenvalue weighted by molar-refractivity contribution is 0.430. The van der Waals surface area contributed by atoms with Gasteiger partial charge in [0, 0.05) is 5.92 Å². The maximum Gasteiger partial charge on any atom is 0.0684 e. The van der Waals surface area contributed by atoms with Crippen molar-refractivity contribution in [2.75, 3.05) is 0 Å². The van der Waals surface area contributed by atoms with Gasteiger partial charge in [-0.3, -0.25) is 0 Å². The molecule has 2 aromatic carbocycles. The normalized spacial score (nSPS) is 13.0. The predicted molar refractivity (Wildman–Crippen MR) is 88.7 cm³/mol. The molecule has 0 fully saturated rings. The van der Waals surface area contributed by atoms with E-state index in [1.807, 2.05) is 38.1 Å². The molecule has 0 aliphatic heterocycles. The number of hydrogen-bond donors (Lipinski definition) is 0. The summed E-state index contributed by atoms with van der Waals surface area (Å²) >= 11 is 0. The van der Waals surface area contributed by atoms with E-state index in [1.54, 1.807) is 0 Å². The standard InChI is InChI=1S/C20H21N/c1-20(2,16-21)15-19(18-11-7-4-8-12-18)14-13-17-9-5-3-6-10-17/h3-14,19H,15H2,1-2H3/b14-13-. The maximum atomic E-state index is 9.30. The van der Waals surface area contributed by atoms with Crippen LogP contribution in [0.1, 0.15) is 37.3 Å². The fourth-order valence-electron chi connectivity index (χ4n) is 2.38. The van der Waals surface area contributed by atoms with E-state index in [-0.39, 0.29) is 11.3 Å². The highest BCUT2D eigenvalue weighted by Gasteiger charge is 2.22. The van der Waals surface area contributed by atoms with Crippen LogP contribution < -0.4 is 0 Å². The minimum atomic E-state index is -0.332. The predicted octanol–water partition coefficient (Wildman–Crippen LogP) is 5.42. The number of nitriles is 1. The van der Waals surface area contributed by atoms with Gasteiger partial charge < -0.3 is 0 Å². The first-order valence-corrected chi connectivity index (χ1v) is 7.30. The Hall–Kier alpha value is -2.33. The van der Waals surface area contributed by atoms with Gasteiger partial charge in [-0.05, 0) is 31.4 Å². The van der Waals surface area contributed by atoms with Gasteiger partial charge in [0.05, 0.1) is 11.5 Å².